The van der Waals surface area contributed by atoms with Crippen molar-refractivity contribution in [1.29, 1.82) is 0 Å². The van der Waals surface area contributed by atoms with Crippen molar-refractivity contribution in [1.82, 2.24) is 4.90 Å². The van der Waals surface area contributed by atoms with Crippen LogP contribution in [0.3, 0.4) is 0 Å². The Morgan fingerprint density at radius 1 is 0.867 bits per heavy atom. The number of anilines is 1. The number of imide groups is 1. The standard InChI is InChI=1S/C24H28N2O3S/c1-17-9-7-10-18(2)22(17)25-21(27)13-8-16-30-15-6-5-14-26-23(28)19-11-3-4-12-20(19)24(26)29/h3-4,7,9-12H,5-6,8,13-16H2,1-2H3,(H,25,27). The molecule has 0 saturated carbocycles. The molecule has 0 unspecified atom stereocenters. The molecule has 2 aromatic carbocycles. The molecule has 0 bridgehead atoms. The highest BCUT2D eigenvalue weighted by molar-refractivity contribution is 7.99. The van der Waals surface area contributed by atoms with Crippen LogP contribution in [0.1, 0.15) is 57.5 Å². The third kappa shape index (κ3) is 5.30. The number of nitrogens with zero attached hydrogens (tertiary/aromatic N) is 1. The Morgan fingerprint density at radius 2 is 1.47 bits per heavy atom. The summed E-state index contributed by atoms with van der Waals surface area (Å²) in [4.78, 5) is 38.1. The molecular formula is C24H28N2O3S. The van der Waals surface area contributed by atoms with Gasteiger partial charge in [0, 0.05) is 18.7 Å². The summed E-state index contributed by atoms with van der Waals surface area (Å²) in [6.07, 6.45) is 3.08. The van der Waals surface area contributed by atoms with Crippen molar-refractivity contribution in [3.05, 3.63) is 64.7 Å². The Kier molecular flexibility index (Phi) is 7.69. The van der Waals surface area contributed by atoms with Gasteiger partial charge in [-0.15, -0.1) is 0 Å². The molecule has 0 aromatic heterocycles. The maximum Gasteiger partial charge on any atom is 0.261 e. The number of carbonyl (C=O) groups is 3. The van der Waals surface area contributed by atoms with Crippen LogP contribution < -0.4 is 5.32 Å². The highest BCUT2D eigenvalue weighted by Gasteiger charge is 2.34. The summed E-state index contributed by atoms with van der Waals surface area (Å²) in [5, 5.41) is 3.02. The van der Waals surface area contributed by atoms with E-state index in [-0.39, 0.29) is 17.7 Å². The van der Waals surface area contributed by atoms with Gasteiger partial charge < -0.3 is 5.32 Å². The smallest absolute Gasteiger partial charge is 0.261 e. The second kappa shape index (κ2) is 10.4. The molecule has 1 aliphatic rings. The van der Waals surface area contributed by atoms with Gasteiger partial charge >= 0.3 is 0 Å². The van der Waals surface area contributed by atoms with Gasteiger partial charge in [0.2, 0.25) is 5.91 Å². The van der Waals surface area contributed by atoms with Gasteiger partial charge in [0.05, 0.1) is 11.1 Å². The quantitative estimate of drug-likeness (QED) is 0.438. The maximum atomic E-state index is 12.3. The number of thioether (sulfide) groups is 1. The van der Waals surface area contributed by atoms with E-state index in [4.69, 9.17) is 0 Å². The van der Waals surface area contributed by atoms with E-state index in [0.29, 0.717) is 24.1 Å². The molecule has 0 fully saturated rings. The number of hydrogen-bond acceptors (Lipinski definition) is 4. The Labute approximate surface area is 182 Å². The molecular weight excluding hydrogens is 396 g/mol. The molecule has 5 nitrogen and oxygen atoms in total. The highest BCUT2D eigenvalue weighted by Crippen LogP contribution is 2.23. The molecule has 3 rings (SSSR count). The van der Waals surface area contributed by atoms with Crippen LogP contribution in [0.2, 0.25) is 0 Å². The molecule has 0 spiro atoms. The van der Waals surface area contributed by atoms with Crippen molar-refractivity contribution in [3.63, 3.8) is 0 Å². The molecule has 158 valence electrons. The minimum absolute atomic E-state index is 0.0543. The lowest BCUT2D eigenvalue weighted by Gasteiger charge is -2.13. The summed E-state index contributed by atoms with van der Waals surface area (Å²) in [5.74, 6) is 1.57. The summed E-state index contributed by atoms with van der Waals surface area (Å²) >= 11 is 1.81. The summed E-state index contributed by atoms with van der Waals surface area (Å²) < 4.78 is 0. The van der Waals surface area contributed by atoms with Crippen molar-refractivity contribution >= 4 is 35.2 Å². The van der Waals surface area contributed by atoms with Gasteiger partial charge in [0.15, 0.2) is 0 Å². The average molecular weight is 425 g/mol. The predicted molar refractivity (Wildman–Crippen MR) is 122 cm³/mol. The van der Waals surface area contributed by atoms with Crippen molar-refractivity contribution in [2.45, 2.75) is 39.5 Å². The summed E-state index contributed by atoms with van der Waals surface area (Å²) in [6, 6.07) is 13.0. The highest BCUT2D eigenvalue weighted by atomic mass is 32.2. The summed E-state index contributed by atoms with van der Waals surface area (Å²) in [6.45, 7) is 4.46. The van der Waals surface area contributed by atoms with Crippen LogP contribution in [0, 0.1) is 13.8 Å². The van der Waals surface area contributed by atoms with E-state index in [1.54, 1.807) is 24.3 Å². The molecule has 30 heavy (non-hydrogen) atoms. The van der Waals surface area contributed by atoms with Crippen molar-refractivity contribution < 1.29 is 14.4 Å². The lowest BCUT2D eigenvalue weighted by Crippen LogP contribution is -2.30. The summed E-state index contributed by atoms with van der Waals surface area (Å²) in [7, 11) is 0. The number of carbonyl (C=O) groups excluding carboxylic acids is 3. The second-order valence-electron chi connectivity index (χ2n) is 7.55. The number of rotatable bonds is 10. The molecule has 1 aliphatic heterocycles. The number of amides is 3. The Bertz CT molecular complexity index is 887. The molecule has 1 N–H and O–H groups in total. The van der Waals surface area contributed by atoms with Crippen LogP contribution >= 0.6 is 11.8 Å². The third-order valence-electron chi connectivity index (χ3n) is 5.24. The third-order valence-corrected chi connectivity index (χ3v) is 6.39. The number of nitrogens with one attached hydrogen (secondary N) is 1. The zero-order chi connectivity index (χ0) is 21.5. The number of hydrogen-bond donors (Lipinski definition) is 1. The predicted octanol–water partition coefficient (Wildman–Crippen LogP) is 4.83. The molecule has 0 radical (unpaired) electrons. The molecule has 0 saturated heterocycles. The second-order valence-corrected chi connectivity index (χ2v) is 8.77. The maximum absolute atomic E-state index is 12.3. The first-order valence-corrected chi connectivity index (χ1v) is 11.5. The monoisotopic (exact) mass is 424 g/mol. The topological polar surface area (TPSA) is 66.5 Å². The Morgan fingerprint density at radius 3 is 2.10 bits per heavy atom. The fourth-order valence-electron chi connectivity index (χ4n) is 3.57. The van der Waals surface area contributed by atoms with Crippen LogP contribution in [0.4, 0.5) is 5.69 Å². The lowest BCUT2D eigenvalue weighted by atomic mass is 10.1. The van der Waals surface area contributed by atoms with E-state index < -0.39 is 0 Å². The van der Waals surface area contributed by atoms with E-state index in [9.17, 15) is 14.4 Å². The van der Waals surface area contributed by atoms with E-state index >= 15 is 0 Å². The van der Waals surface area contributed by atoms with Crippen LogP contribution in [0.25, 0.3) is 0 Å². The van der Waals surface area contributed by atoms with Crippen LogP contribution in [0.15, 0.2) is 42.5 Å². The molecule has 3 amide bonds. The number of aryl methyl sites for hydroxylation is 2. The van der Waals surface area contributed by atoms with Crippen molar-refractivity contribution in [2.75, 3.05) is 23.4 Å². The molecule has 6 heteroatoms. The zero-order valence-electron chi connectivity index (χ0n) is 17.6. The van der Waals surface area contributed by atoms with Gasteiger partial charge in [-0.3, -0.25) is 19.3 Å². The number of fused-ring (bicyclic) bond motifs is 1. The fraction of sp³-hybridized carbons (Fsp3) is 0.375. The lowest BCUT2D eigenvalue weighted by molar-refractivity contribution is -0.116. The molecule has 0 aliphatic carbocycles. The first kappa shape index (κ1) is 22.1. The fourth-order valence-corrected chi connectivity index (χ4v) is 4.53. The van der Waals surface area contributed by atoms with Gasteiger partial charge in [-0.1, -0.05) is 30.3 Å². The van der Waals surface area contributed by atoms with E-state index in [1.165, 1.54) is 4.90 Å². The number of unbranched alkanes of at least 4 members (excludes halogenated alkanes) is 1. The van der Waals surface area contributed by atoms with Gasteiger partial charge in [0.25, 0.3) is 11.8 Å². The van der Waals surface area contributed by atoms with Gasteiger partial charge in [-0.25, -0.2) is 0 Å². The first-order chi connectivity index (χ1) is 14.5. The van der Waals surface area contributed by atoms with E-state index in [2.05, 4.69) is 5.32 Å². The largest absolute Gasteiger partial charge is 0.326 e. The molecule has 2 aromatic rings. The Hall–Kier alpha value is -2.60. The Balaban J connectivity index is 1.27. The van der Waals surface area contributed by atoms with Gasteiger partial charge in [0.1, 0.15) is 0 Å². The first-order valence-electron chi connectivity index (χ1n) is 10.4. The normalized spacial score (nSPS) is 12.9. The van der Waals surface area contributed by atoms with Gasteiger partial charge in [-0.05, 0) is 67.9 Å². The minimum atomic E-state index is -0.182. The van der Waals surface area contributed by atoms with Gasteiger partial charge in [-0.2, -0.15) is 11.8 Å². The number of benzene rings is 2. The SMILES string of the molecule is Cc1cccc(C)c1NC(=O)CCCSCCCCN1C(=O)c2ccccc2C1=O. The molecule has 1 heterocycles. The number of para-hydroxylation sites is 1. The van der Waals surface area contributed by atoms with Crippen molar-refractivity contribution in [2.24, 2.45) is 0 Å². The minimum Gasteiger partial charge on any atom is -0.326 e. The zero-order valence-corrected chi connectivity index (χ0v) is 18.4. The van der Waals surface area contributed by atoms with Crippen LogP contribution in [-0.4, -0.2) is 40.7 Å². The van der Waals surface area contributed by atoms with Crippen LogP contribution in [0.5, 0.6) is 0 Å². The average Bonchev–Trinajstić information content (AvgIpc) is 2.97. The van der Waals surface area contributed by atoms with Crippen LogP contribution in [-0.2, 0) is 4.79 Å². The van der Waals surface area contributed by atoms with E-state index in [0.717, 1.165) is 47.6 Å². The van der Waals surface area contributed by atoms with E-state index in [1.807, 2.05) is 43.8 Å². The molecule has 0 atom stereocenters. The van der Waals surface area contributed by atoms with Crippen molar-refractivity contribution in [3.8, 4) is 0 Å². The summed E-state index contributed by atoms with van der Waals surface area (Å²) in [5.41, 5.74) is 4.10.